The molecule has 2 N–H and O–H groups in total. The Bertz CT molecular complexity index is 449. The van der Waals surface area contributed by atoms with Crippen LogP contribution in [-0.2, 0) is 4.79 Å². The maximum absolute atomic E-state index is 13.4. The Morgan fingerprint density at radius 2 is 2.05 bits per heavy atom. The van der Waals surface area contributed by atoms with Crippen LogP contribution in [0.3, 0.4) is 0 Å². The number of halogens is 1. The van der Waals surface area contributed by atoms with E-state index in [-0.39, 0.29) is 30.4 Å². The summed E-state index contributed by atoms with van der Waals surface area (Å²) in [6.45, 7) is 8.37. The van der Waals surface area contributed by atoms with Crippen molar-refractivity contribution in [3.8, 4) is 5.75 Å². The van der Waals surface area contributed by atoms with Gasteiger partial charge >= 0.3 is 0 Å². The fourth-order valence-electron chi connectivity index (χ4n) is 1.91. The zero-order valence-electron chi connectivity index (χ0n) is 12.5. The molecule has 0 spiro atoms. The topological polar surface area (TPSA) is 50.4 Å². The fraction of sp³-hybridized carbons (Fsp3) is 0.533. The minimum absolute atomic E-state index is 0.0427. The van der Waals surface area contributed by atoms with Gasteiger partial charge in [0, 0.05) is 17.6 Å². The summed E-state index contributed by atoms with van der Waals surface area (Å²) in [5.41, 5.74) is 0.712. The molecule has 1 aromatic rings. The van der Waals surface area contributed by atoms with Gasteiger partial charge in [-0.25, -0.2) is 4.39 Å². The number of nitrogens with one attached hydrogen (secondary N) is 2. The van der Waals surface area contributed by atoms with E-state index in [0.29, 0.717) is 11.3 Å². The second-order valence-electron chi connectivity index (χ2n) is 4.97. The predicted molar refractivity (Wildman–Crippen MR) is 77.3 cm³/mol. The van der Waals surface area contributed by atoms with E-state index >= 15 is 0 Å². The van der Waals surface area contributed by atoms with Gasteiger partial charge in [-0.15, -0.1) is 0 Å². The van der Waals surface area contributed by atoms with Gasteiger partial charge in [0.25, 0.3) is 5.91 Å². The van der Waals surface area contributed by atoms with Crippen molar-refractivity contribution in [1.29, 1.82) is 0 Å². The standard InChI is InChI=1S/C15H23FN2O2/c1-5-17-11(4)13-8-12(16)6-7-14(13)20-9-15(19)18-10(2)3/h6-8,10-11,17H,5,9H2,1-4H3,(H,18,19). The van der Waals surface area contributed by atoms with Gasteiger partial charge in [0.2, 0.25) is 0 Å². The van der Waals surface area contributed by atoms with Gasteiger partial charge in [-0.1, -0.05) is 6.92 Å². The second kappa shape index (κ2) is 7.85. The first-order valence-corrected chi connectivity index (χ1v) is 6.89. The third kappa shape index (κ3) is 5.17. The van der Waals surface area contributed by atoms with Crippen molar-refractivity contribution in [3.05, 3.63) is 29.6 Å². The van der Waals surface area contributed by atoms with Crippen LogP contribution in [0.4, 0.5) is 4.39 Å². The molecule has 0 radical (unpaired) electrons. The van der Waals surface area contributed by atoms with Crippen LogP contribution in [-0.4, -0.2) is 25.1 Å². The average Bonchev–Trinajstić information content (AvgIpc) is 2.36. The van der Waals surface area contributed by atoms with Crippen LogP contribution in [0, 0.1) is 5.82 Å². The van der Waals surface area contributed by atoms with Crippen molar-refractivity contribution >= 4 is 5.91 Å². The third-order valence-corrected chi connectivity index (χ3v) is 2.76. The van der Waals surface area contributed by atoms with Gasteiger partial charge in [-0.3, -0.25) is 4.79 Å². The van der Waals surface area contributed by atoms with E-state index in [1.54, 1.807) is 6.07 Å². The molecule has 0 aliphatic heterocycles. The Hall–Kier alpha value is -1.62. The second-order valence-corrected chi connectivity index (χ2v) is 4.97. The molecule has 1 amide bonds. The van der Waals surface area contributed by atoms with Crippen molar-refractivity contribution < 1.29 is 13.9 Å². The molecule has 0 fully saturated rings. The van der Waals surface area contributed by atoms with Gasteiger partial charge in [-0.05, 0) is 45.5 Å². The number of hydrogen-bond donors (Lipinski definition) is 2. The first-order valence-electron chi connectivity index (χ1n) is 6.89. The first kappa shape index (κ1) is 16.4. The van der Waals surface area contributed by atoms with E-state index in [2.05, 4.69) is 10.6 Å². The Morgan fingerprint density at radius 3 is 2.65 bits per heavy atom. The largest absolute Gasteiger partial charge is 0.483 e. The number of ether oxygens (including phenoxy) is 1. The molecule has 1 aromatic carbocycles. The van der Waals surface area contributed by atoms with E-state index in [1.807, 2.05) is 27.7 Å². The molecule has 0 aliphatic carbocycles. The van der Waals surface area contributed by atoms with Gasteiger partial charge < -0.3 is 15.4 Å². The minimum Gasteiger partial charge on any atom is -0.483 e. The average molecular weight is 282 g/mol. The smallest absolute Gasteiger partial charge is 0.258 e. The predicted octanol–water partition coefficient (Wildman–Crippen LogP) is 2.40. The molecule has 0 saturated heterocycles. The van der Waals surface area contributed by atoms with Crippen LogP contribution in [0.25, 0.3) is 0 Å². The Morgan fingerprint density at radius 1 is 1.35 bits per heavy atom. The summed E-state index contributed by atoms with van der Waals surface area (Å²) in [6.07, 6.45) is 0. The lowest BCUT2D eigenvalue weighted by atomic mass is 10.1. The number of amides is 1. The number of benzene rings is 1. The first-order chi connectivity index (χ1) is 9.43. The Labute approximate surface area is 119 Å². The summed E-state index contributed by atoms with van der Waals surface area (Å²) in [5.74, 6) is 0.0221. The molecule has 20 heavy (non-hydrogen) atoms. The van der Waals surface area contributed by atoms with Gasteiger partial charge in [0.05, 0.1) is 0 Å². The quantitative estimate of drug-likeness (QED) is 0.807. The van der Waals surface area contributed by atoms with Crippen LogP contribution < -0.4 is 15.4 Å². The lowest BCUT2D eigenvalue weighted by Gasteiger charge is -2.18. The third-order valence-electron chi connectivity index (χ3n) is 2.76. The summed E-state index contributed by atoms with van der Waals surface area (Å²) < 4.78 is 18.9. The molecule has 0 heterocycles. The highest BCUT2D eigenvalue weighted by molar-refractivity contribution is 5.77. The van der Waals surface area contributed by atoms with Crippen molar-refractivity contribution in [2.24, 2.45) is 0 Å². The molecule has 0 aromatic heterocycles. The molecule has 0 aliphatic rings. The SMILES string of the molecule is CCNC(C)c1cc(F)ccc1OCC(=O)NC(C)C. The molecular weight excluding hydrogens is 259 g/mol. The highest BCUT2D eigenvalue weighted by Gasteiger charge is 2.13. The van der Waals surface area contributed by atoms with Crippen LogP contribution in [0.2, 0.25) is 0 Å². The lowest BCUT2D eigenvalue weighted by Crippen LogP contribution is -2.34. The zero-order chi connectivity index (χ0) is 15.1. The van der Waals surface area contributed by atoms with Gasteiger partial charge in [0.15, 0.2) is 6.61 Å². The Balaban J connectivity index is 2.76. The summed E-state index contributed by atoms with van der Waals surface area (Å²) in [6, 6.07) is 4.35. The number of carbonyl (C=O) groups is 1. The van der Waals surface area contributed by atoms with Crippen LogP contribution >= 0.6 is 0 Å². The summed E-state index contributed by atoms with van der Waals surface area (Å²) >= 11 is 0. The highest BCUT2D eigenvalue weighted by atomic mass is 19.1. The maximum atomic E-state index is 13.4. The van der Waals surface area contributed by atoms with Crippen LogP contribution in [0.5, 0.6) is 5.75 Å². The van der Waals surface area contributed by atoms with Crippen LogP contribution in [0.1, 0.15) is 39.3 Å². The lowest BCUT2D eigenvalue weighted by molar-refractivity contribution is -0.123. The van der Waals surface area contributed by atoms with Crippen molar-refractivity contribution in [1.82, 2.24) is 10.6 Å². The van der Waals surface area contributed by atoms with E-state index < -0.39 is 0 Å². The number of carbonyl (C=O) groups excluding carboxylic acids is 1. The minimum atomic E-state index is -0.316. The molecule has 0 saturated carbocycles. The maximum Gasteiger partial charge on any atom is 0.258 e. The molecular formula is C15H23FN2O2. The number of rotatable bonds is 7. The Kier molecular flexibility index (Phi) is 6.45. The molecule has 1 rings (SSSR count). The van der Waals surface area contributed by atoms with Gasteiger partial charge in [0.1, 0.15) is 11.6 Å². The van der Waals surface area contributed by atoms with Crippen molar-refractivity contribution in [2.75, 3.05) is 13.2 Å². The summed E-state index contributed by atoms with van der Waals surface area (Å²) in [7, 11) is 0. The highest BCUT2D eigenvalue weighted by Crippen LogP contribution is 2.26. The fourth-order valence-corrected chi connectivity index (χ4v) is 1.91. The van der Waals surface area contributed by atoms with E-state index in [1.165, 1.54) is 12.1 Å². The van der Waals surface area contributed by atoms with Crippen molar-refractivity contribution in [3.63, 3.8) is 0 Å². The van der Waals surface area contributed by atoms with Crippen LogP contribution in [0.15, 0.2) is 18.2 Å². The van der Waals surface area contributed by atoms with E-state index in [0.717, 1.165) is 6.54 Å². The van der Waals surface area contributed by atoms with E-state index in [9.17, 15) is 9.18 Å². The molecule has 4 nitrogen and oxygen atoms in total. The van der Waals surface area contributed by atoms with Crippen molar-refractivity contribution in [2.45, 2.75) is 39.8 Å². The monoisotopic (exact) mass is 282 g/mol. The zero-order valence-corrected chi connectivity index (χ0v) is 12.5. The normalized spacial score (nSPS) is 12.3. The summed E-state index contributed by atoms with van der Waals surface area (Å²) in [5, 5.41) is 5.95. The summed E-state index contributed by atoms with van der Waals surface area (Å²) in [4.78, 5) is 11.6. The molecule has 5 heteroatoms. The van der Waals surface area contributed by atoms with E-state index in [4.69, 9.17) is 4.74 Å². The molecule has 1 unspecified atom stereocenters. The molecule has 112 valence electrons. The number of hydrogen-bond acceptors (Lipinski definition) is 3. The molecule has 1 atom stereocenters. The molecule has 0 bridgehead atoms. The van der Waals surface area contributed by atoms with Gasteiger partial charge in [-0.2, -0.15) is 0 Å².